The van der Waals surface area contributed by atoms with Crippen LogP contribution in [0, 0.1) is 0 Å². The van der Waals surface area contributed by atoms with Gasteiger partial charge in [-0.2, -0.15) is 0 Å². The van der Waals surface area contributed by atoms with E-state index in [2.05, 4.69) is 6.58 Å². The summed E-state index contributed by atoms with van der Waals surface area (Å²) >= 11 is 0. The Kier molecular flexibility index (Phi) is 2.49. The third-order valence-electron chi connectivity index (χ3n) is 4.20. The van der Waals surface area contributed by atoms with Crippen LogP contribution in [0.4, 0.5) is 0 Å². The van der Waals surface area contributed by atoms with Crippen molar-refractivity contribution >= 4 is 17.6 Å². The molecule has 3 rings (SSSR count). The summed E-state index contributed by atoms with van der Waals surface area (Å²) in [5, 5.41) is 9.60. The molecule has 1 aromatic carbocycles. The average molecular weight is 257 g/mol. The largest absolute Gasteiger partial charge is 0.479 e. The van der Waals surface area contributed by atoms with Crippen LogP contribution in [0.3, 0.4) is 0 Å². The Morgan fingerprint density at radius 2 is 1.79 bits per heavy atom. The molecule has 2 aliphatic rings. The summed E-state index contributed by atoms with van der Waals surface area (Å²) in [4.78, 5) is 25.6. The van der Waals surface area contributed by atoms with Crippen LogP contribution < -0.4 is 0 Å². The quantitative estimate of drug-likeness (QED) is 0.885. The molecule has 1 heterocycles. The highest BCUT2D eigenvalue weighted by molar-refractivity contribution is 6.11. The van der Waals surface area contributed by atoms with Crippen molar-refractivity contribution in [1.82, 2.24) is 4.90 Å². The highest BCUT2D eigenvalue weighted by Crippen LogP contribution is 2.44. The second-order valence-electron chi connectivity index (χ2n) is 5.18. The zero-order chi connectivity index (χ0) is 13.6. The number of hydrogen-bond acceptors (Lipinski definition) is 2. The van der Waals surface area contributed by atoms with Crippen LogP contribution >= 0.6 is 0 Å². The van der Waals surface area contributed by atoms with E-state index in [-0.39, 0.29) is 5.91 Å². The lowest BCUT2D eigenvalue weighted by molar-refractivity contribution is -0.147. The summed E-state index contributed by atoms with van der Waals surface area (Å²) < 4.78 is 0. The molecule has 4 heteroatoms. The minimum Gasteiger partial charge on any atom is -0.479 e. The molecule has 0 aromatic heterocycles. The normalized spacial score (nSPS) is 20.7. The summed E-state index contributed by atoms with van der Waals surface area (Å²) in [5.74, 6) is -1.16. The number of carboxylic acids is 1. The second kappa shape index (κ2) is 3.95. The smallest absolute Gasteiger partial charge is 0.330 e. The SMILES string of the molecule is C=C1c2ccccc2C(=O)N1C1(C(=O)O)CCCC1. The maximum atomic E-state index is 12.5. The average Bonchev–Trinajstić information content (AvgIpc) is 2.97. The molecule has 0 saturated heterocycles. The minimum atomic E-state index is -1.10. The lowest BCUT2D eigenvalue weighted by Gasteiger charge is -2.35. The molecule has 1 amide bonds. The van der Waals surface area contributed by atoms with Crippen LogP contribution in [0.2, 0.25) is 0 Å². The summed E-state index contributed by atoms with van der Waals surface area (Å²) in [7, 11) is 0. The predicted molar refractivity (Wildman–Crippen MR) is 70.5 cm³/mol. The van der Waals surface area contributed by atoms with Crippen molar-refractivity contribution in [3.8, 4) is 0 Å². The summed E-state index contributed by atoms with van der Waals surface area (Å²) in [5.41, 5.74) is 0.720. The number of carbonyl (C=O) groups is 2. The highest BCUT2D eigenvalue weighted by Gasteiger charge is 2.52. The van der Waals surface area contributed by atoms with Gasteiger partial charge in [0.15, 0.2) is 0 Å². The lowest BCUT2D eigenvalue weighted by atomic mass is 9.95. The fourth-order valence-electron chi connectivity index (χ4n) is 3.23. The van der Waals surface area contributed by atoms with Crippen molar-refractivity contribution in [3.63, 3.8) is 0 Å². The molecular formula is C15H15NO3. The van der Waals surface area contributed by atoms with E-state index in [0.29, 0.717) is 24.1 Å². The number of rotatable bonds is 2. The molecule has 1 fully saturated rings. The fraction of sp³-hybridized carbons (Fsp3) is 0.333. The zero-order valence-corrected chi connectivity index (χ0v) is 10.6. The number of fused-ring (bicyclic) bond motifs is 1. The van der Waals surface area contributed by atoms with Crippen LogP contribution in [-0.4, -0.2) is 27.4 Å². The zero-order valence-electron chi connectivity index (χ0n) is 10.6. The van der Waals surface area contributed by atoms with Gasteiger partial charge in [-0.25, -0.2) is 4.79 Å². The van der Waals surface area contributed by atoms with Gasteiger partial charge >= 0.3 is 5.97 Å². The first-order valence-electron chi connectivity index (χ1n) is 6.44. The number of amides is 1. The van der Waals surface area contributed by atoms with Gasteiger partial charge in [0.2, 0.25) is 0 Å². The van der Waals surface area contributed by atoms with Gasteiger partial charge in [-0.3, -0.25) is 9.69 Å². The molecule has 4 nitrogen and oxygen atoms in total. The van der Waals surface area contributed by atoms with Gasteiger partial charge in [0, 0.05) is 16.8 Å². The van der Waals surface area contributed by atoms with Gasteiger partial charge in [0.05, 0.1) is 0 Å². The van der Waals surface area contributed by atoms with E-state index in [1.54, 1.807) is 12.1 Å². The Hall–Kier alpha value is -2.10. The van der Waals surface area contributed by atoms with Gasteiger partial charge in [-0.05, 0) is 18.9 Å². The minimum absolute atomic E-state index is 0.232. The molecule has 1 N–H and O–H groups in total. The Bertz CT molecular complexity index is 550. The molecule has 0 unspecified atom stereocenters. The van der Waals surface area contributed by atoms with Crippen molar-refractivity contribution in [2.24, 2.45) is 0 Å². The molecule has 0 spiro atoms. The van der Waals surface area contributed by atoms with Crippen LogP contribution in [0.1, 0.15) is 41.6 Å². The van der Waals surface area contributed by atoms with E-state index in [1.807, 2.05) is 12.1 Å². The topological polar surface area (TPSA) is 57.6 Å². The van der Waals surface area contributed by atoms with Gasteiger partial charge in [-0.1, -0.05) is 37.6 Å². The molecular weight excluding hydrogens is 242 g/mol. The van der Waals surface area contributed by atoms with Crippen LogP contribution in [0.5, 0.6) is 0 Å². The van der Waals surface area contributed by atoms with E-state index in [1.165, 1.54) is 4.90 Å². The Balaban J connectivity index is 2.11. The third kappa shape index (κ3) is 1.46. The molecule has 0 radical (unpaired) electrons. The standard InChI is InChI=1S/C15H15NO3/c1-10-11-6-2-3-7-12(11)13(17)16(10)15(14(18)19)8-4-5-9-15/h2-3,6-7H,1,4-5,8-9H2,(H,18,19). The van der Waals surface area contributed by atoms with E-state index < -0.39 is 11.5 Å². The maximum Gasteiger partial charge on any atom is 0.330 e. The van der Waals surface area contributed by atoms with Crippen molar-refractivity contribution in [3.05, 3.63) is 42.0 Å². The van der Waals surface area contributed by atoms with Gasteiger partial charge in [-0.15, -0.1) is 0 Å². The van der Waals surface area contributed by atoms with Crippen LogP contribution in [-0.2, 0) is 4.79 Å². The Morgan fingerprint density at radius 3 is 2.32 bits per heavy atom. The van der Waals surface area contributed by atoms with Gasteiger partial charge < -0.3 is 5.11 Å². The van der Waals surface area contributed by atoms with E-state index in [9.17, 15) is 14.7 Å². The van der Waals surface area contributed by atoms with Crippen LogP contribution in [0.15, 0.2) is 30.8 Å². The third-order valence-corrected chi connectivity index (χ3v) is 4.20. The Morgan fingerprint density at radius 1 is 1.21 bits per heavy atom. The molecule has 1 aliphatic carbocycles. The Labute approximate surface area is 111 Å². The molecule has 19 heavy (non-hydrogen) atoms. The van der Waals surface area contributed by atoms with E-state index >= 15 is 0 Å². The van der Waals surface area contributed by atoms with Crippen molar-refractivity contribution < 1.29 is 14.7 Å². The number of nitrogens with zero attached hydrogens (tertiary/aromatic N) is 1. The maximum absolute atomic E-state index is 12.5. The molecule has 1 aliphatic heterocycles. The number of carboxylic acid groups (broad SMARTS) is 1. The summed E-state index contributed by atoms with van der Waals surface area (Å²) in [6.07, 6.45) is 2.67. The predicted octanol–water partition coefficient (Wildman–Crippen LogP) is 2.51. The molecule has 1 aromatic rings. The number of aliphatic carboxylic acids is 1. The van der Waals surface area contributed by atoms with Gasteiger partial charge in [0.25, 0.3) is 5.91 Å². The van der Waals surface area contributed by atoms with E-state index in [0.717, 1.165) is 18.4 Å². The monoisotopic (exact) mass is 257 g/mol. The van der Waals surface area contributed by atoms with Crippen LogP contribution in [0.25, 0.3) is 5.70 Å². The first-order chi connectivity index (χ1) is 9.08. The number of carbonyl (C=O) groups excluding carboxylic acids is 1. The molecule has 0 atom stereocenters. The number of hydrogen-bond donors (Lipinski definition) is 1. The first kappa shape index (κ1) is 12.0. The summed E-state index contributed by atoms with van der Waals surface area (Å²) in [6, 6.07) is 7.17. The van der Waals surface area contributed by atoms with Crippen molar-refractivity contribution in [2.45, 2.75) is 31.2 Å². The first-order valence-corrected chi connectivity index (χ1v) is 6.44. The second-order valence-corrected chi connectivity index (χ2v) is 5.18. The number of benzene rings is 1. The van der Waals surface area contributed by atoms with Crippen molar-refractivity contribution in [1.29, 1.82) is 0 Å². The lowest BCUT2D eigenvalue weighted by Crippen LogP contribution is -2.52. The van der Waals surface area contributed by atoms with Gasteiger partial charge in [0.1, 0.15) is 5.54 Å². The summed E-state index contributed by atoms with van der Waals surface area (Å²) in [6.45, 7) is 3.94. The fourth-order valence-corrected chi connectivity index (χ4v) is 3.23. The highest BCUT2D eigenvalue weighted by atomic mass is 16.4. The van der Waals surface area contributed by atoms with E-state index in [4.69, 9.17) is 0 Å². The molecule has 1 saturated carbocycles. The van der Waals surface area contributed by atoms with Crippen molar-refractivity contribution in [2.75, 3.05) is 0 Å². The molecule has 98 valence electrons. The molecule has 0 bridgehead atoms.